The zero-order valence-corrected chi connectivity index (χ0v) is 14.5. The number of likely N-dealkylation sites (tertiary alicyclic amines) is 1. The molecular formula is C15H16F3N5O2S. The topological polar surface area (TPSA) is 73.1 Å². The number of ether oxygens (including phenoxy) is 1. The van der Waals surface area contributed by atoms with E-state index in [1.165, 1.54) is 40.7 Å². The molecule has 1 aromatic carbocycles. The summed E-state index contributed by atoms with van der Waals surface area (Å²) in [6, 6.07) is 5.18. The highest BCUT2D eigenvalue weighted by Gasteiger charge is 2.31. The molecule has 1 fully saturated rings. The summed E-state index contributed by atoms with van der Waals surface area (Å²) in [6.45, 7) is 1.54. The predicted octanol–water partition coefficient (Wildman–Crippen LogP) is 2.67. The van der Waals surface area contributed by atoms with Crippen LogP contribution in [0.4, 0.5) is 13.2 Å². The van der Waals surface area contributed by atoms with Gasteiger partial charge in [0.25, 0.3) is 0 Å². The van der Waals surface area contributed by atoms with Gasteiger partial charge in [-0.1, -0.05) is 11.8 Å². The lowest BCUT2D eigenvalue weighted by Gasteiger charge is -2.26. The Morgan fingerprint density at radius 1 is 1.15 bits per heavy atom. The lowest BCUT2D eigenvalue weighted by atomic mass is 10.1. The van der Waals surface area contributed by atoms with Gasteiger partial charge in [-0.15, -0.1) is 18.3 Å². The molecule has 1 aromatic heterocycles. The van der Waals surface area contributed by atoms with E-state index in [-0.39, 0.29) is 17.4 Å². The van der Waals surface area contributed by atoms with E-state index in [0.29, 0.717) is 10.8 Å². The van der Waals surface area contributed by atoms with Crippen LogP contribution in [-0.4, -0.2) is 56.2 Å². The number of aromatic nitrogens is 4. The number of alkyl halides is 3. The highest BCUT2D eigenvalue weighted by molar-refractivity contribution is 7.99. The summed E-state index contributed by atoms with van der Waals surface area (Å²) in [4.78, 5) is 14.1. The normalized spacial score (nSPS) is 15.1. The molecule has 2 heterocycles. The highest BCUT2D eigenvalue weighted by atomic mass is 32.2. The van der Waals surface area contributed by atoms with Gasteiger partial charge in [-0.05, 0) is 54.0 Å². The van der Waals surface area contributed by atoms with Crippen molar-refractivity contribution in [3.63, 3.8) is 0 Å². The van der Waals surface area contributed by atoms with Gasteiger partial charge in [0, 0.05) is 13.1 Å². The molecule has 0 bridgehead atoms. The monoisotopic (exact) mass is 387 g/mol. The molecule has 0 saturated carbocycles. The van der Waals surface area contributed by atoms with Crippen LogP contribution in [0, 0.1) is 0 Å². The van der Waals surface area contributed by atoms with E-state index in [2.05, 4.69) is 20.3 Å². The number of tetrazole rings is 1. The van der Waals surface area contributed by atoms with Crippen LogP contribution in [-0.2, 0) is 4.79 Å². The standard InChI is InChI=1S/C15H16F3N5O2S/c16-15(17,18)25-12-6-4-11(5-7-12)23-14(19-20-21-23)26-10-13(24)22-8-2-1-3-9-22/h4-7H,1-3,8-10H2. The molecular weight excluding hydrogens is 371 g/mol. The number of halogens is 3. The Morgan fingerprint density at radius 3 is 2.50 bits per heavy atom. The molecule has 0 aliphatic carbocycles. The van der Waals surface area contributed by atoms with E-state index in [1.807, 2.05) is 4.90 Å². The molecule has 1 amide bonds. The van der Waals surface area contributed by atoms with Crippen molar-refractivity contribution in [2.24, 2.45) is 0 Å². The first-order valence-corrected chi connectivity index (χ1v) is 8.96. The van der Waals surface area contributed by atoms with Gasteiger partial charge in [0.05, 0.1) is 11.4 Å². The van der Waals surface area contributed by atoms with Gasteiger partial charge >= 0.3 is 6.36 Å². The van der Waals surface area contributed by atoms with Crippen molar-refractivity contribution in [1.29, 1.82) is 0 Å². The van der Waals surface area contributed by atoms with Gasteiger partial charge in [-0.2, -0.15) is 4.68 Å². The van der Waals surface area contributed by atoms with E-state index in [4.69, 9.17) is 0 Å². The average Bonchev–Trinajstić information content (AvgIpc) is 3.08. The number of carbonyl (C=O) groups is 1. The smallest absolute Gasteiger partial charge is 0.406 e. The summed E-state index contributed by atoms with van der Waals surface area (Å²) in [5.74, 6) is -0.0997. The van der Waals surface area contributed by atoms with Crippen molar-refractivity contribution in [2.75, 3.05) is 18.8 Å². The number of hydrogen-bond donors (Lipinski definition) is 0. The van der Waals surface area contributed by atoms with Gasteiger partial charge in [0.1, 0.15) is 5.75 Å². The summed E-state index contributed by atoms with van der Waals surface area (Å²) in [5.41, 5.74) is 0.470. The molecule has 0 spiro atoms. The number of benzene rings is 1. The maximum atomic E-state index is 12.2. The van der Waals surface area contributed by atoms with Gasteiger partial charge in [-0.25, -0.2) is 0 Å². The Hall–Kier alpha value is -2.30. The number of nitrogens with zero attached hydrogens (tertiary/aromatic N) is 5. The van der Waals surface area contributed by atoms with Crippen molar-refractivity contribution in [1.82, 2.24) is 25.1 Å². The fraction of sp³-hybridized carbons (Fsp3) is 0.467. The van der Waals surface area contributed by atoms with Crippen molar-refractivity contribution in [2.45, 2.75) is 30.8 Å². The van der Waals surface area contributed by atoms with Crippen LogP contribution >= 0.6 is 11.8 Å². The molecule has 140 valence electrons. The zero-order valence-electron chi connectivity index (χ0n) is 13.6. The first kappa shape index (κ1) is 18.5. The highest BCUT2D eigenvalue weighted by Crippen LogP contribution is 2.25. The minimum Gasteiger partial charge on any atom is -0.406 e. The molecule has 0 N–H and O–H groups in total. The number of piperidine rings is 1. The van der Waals surface area contributed by atoms with Crippen molar-refractivity contribution < 1.29 is 22.7 Å². The van der Waals surface area contributed by atoms with E-state index >= 15 is 0 Å². The summed E-state index contributed by atoms with van der Waals surface area (Å²) >= 11 is 1.19. The number of thioether (sulfide) groups is 1. The SMILES string of the molecule is O=C(CSc1nnnn1-c1ccc(OC(F)(F)F)cc1)N1CCCCC1. The third-order valence-corrected chi connectivity index (χ3v) is 4.69. The van der Waals surface area contributed by atoms with E-state index < -0.39 is 6.36 Å². The third-order valence-electron chi connectivity index (χ3n) is 3.79. The van der Waals surface area contributed by atoms with Crippen LogP contribution in [0.5, 0.6) is 5.75 Å². The fourth-order valence-corrected chi connectivity index (χ4v) is 3.37. The maximum absolute atomic E-state index is 12.2. The summed E-state index contributed by atoms with van der Waals surface area (Å²) in [7, 11) is 0. The molecule has 0 atom stereocenters. The zero-order chi connectivity index (χ0) is 18.6. The van der Waals surface area contributed by atoms with Crippen LogP contribution in [0.3, 0.4) is 0 Å². The van der Waals surface area contributed by atoms with Crippen LogP contribution in [0.15, 0.2) is 29.4 Å². The largest absolute Gasteiger partial charge is 0.573 e. The van der Waals surface area contributed by atoms with Crippen molar-refractivity contribution in [3.05, 3.63) is 24.3 Å². The van der Waals surface area contributed by atoms with E-state index in [1.54, 1.807) is 0 Å². The minimum atomic E-state index is -4.74. The van der Waals surface area contributed by atoms with Gasteiger partial charge in [0.2, 0.25) is 11.1 Å². The Labute approximate surface area is 151 Å². The predicted molar refractivity (Wildman–Crippen MR) is 87.0 cm³/mol. The summed E-state index contributed by atoms with van der Waals surface area (Å²) < 4.78 is 41.8. The van der Waals surface area contributed by atoms with E-state index in [9.17, 15) is 18.0 Å². The second-order valence-corrected chi connectivity index (χ2v) is 6.59. The molecule has 3 rings (SSSR count). The molecule has 1 saturated heterocycles. The van der Waals surface area contributed by atoms with Crippen LogP contribution in [0.2, 0.25) is 0 Å². The first-order chi connectivity index (χ1) is 12.4. The van der Waals surface area contributed by atoms with Crippen LogP contribution in [0.25, 0.3) is 5.69 Å². The lowest BCUT2D eigenvalue weighted by Crippen LogP contribution is -2.36. The lowest BCUT2D eigenvalue weighted by molar-refractivity contribution is -0.274. The Bertz CT molecular complexity index is 744. The van der Waals surface area contributed by atoms with Crippen molar-refractivity contribution in [3.8, 4) is 11.4 Å². The summed E-state index contributed by atoms with van der Waals surface area (Å²) in [6.07, 6.45) is -1.57. The Morgan fingerprint density at radius 2 is 1.85 bits per heavy atom. The first-order valence-electron chi connectivity index (χ1n) is 7.97. The summed E-state index contributed by atoms with van der Waals surface area (Å²) in [5, 5.41) is 11.7. The molecule has 26 heavy (non-hydrogen) atoms. The molecule has 7 nitrogen and oxygen atoms in total. The minimum absolute atomic E-state index is 0.0261. The van der Waals surface area contributed by atoms with Crippen molar-refractivity contribution >= 4 is 17.7 Å². The van der Waals surface area contributed by atoms with Crippen LogP contribution < -0.4 is 4.74 Å². The number of carbonyl (C=O) groups excluding carboxylic acids is 1. The number of amides is 1. The second-order valence-electron chi connectivity index (χ2n) is 5.65. The van der Waals surface area contributed by atoms with Gasteiger partial charge in [0.15, 0.2) is 0 Å². The average molecular weight is 387 g/mol. The molecule has 1 aliphatic heterocycles. The fourth-order valence-electron chi connectivity index (χ4n) is 2.58. The maximum Gasteiger partial charge on any atom is 0.573 e. The van der Waals surface area contributed by atoms with Gasteiger partial charge < -0.3 is 9.64 Å². The third kappa shape index (κ3) is 4.87. The Balaban J connectivity index is 1.63. The molecule has 0 unspecified atom stereocenters. The van der Waals surface area contributed by atoms with Crippen LogP contribution in [0.1, 0.15) is 19.3 Å². The quantitative estimate of drug-likeness (QED) is 0.735. The Kier molecular flexibility index (Phi) is 5.64. The second kappa shape index (κ2) is 7.94. The molecule has 2 aromatic rings. The number of hydrogen-bond acceptors (Lipinski definition) is 6. The van der Waals surface area contributed by atoms with E-state index in [0.717, 1.165) is 32.4 Å². The van der Waals surface area contributed by atoms with Gasteiger partial charge in [-0.3, -0.25) is 4.79 Å². The molecule has 1 aliphatic rings. The molecule has 11 heteroatoms. The molecule has 0 radical (unpaired) electrons. The number of rotatable bonds is 5.